The summed E-state index contributed by atoms with van der Waals surface area (Å²) >= 11 is 1.95. The van der Waals surface area contributed by atoms with E-state index in [1.807, 2.05) is 53.3 Å². The maximum absolute atomic E-state index is 6.89. The molecule has 0 aromatic heterocycles. The van der Waals surface area contributed by atoms with Gasteiger partial charge >= 0.3 is 0 Å². The Morgan fingerprint density at radius 2 is 1.14 bits per heavy atom. The lowest BCUT2D eigenvalue weighted by Gasteiger charge is -2.36. The molecule has 0 bridgehead atoms. The van der Waals surface area contributed by atoms with Crippen molar-refractivity contribution in [1.82, 2.24) is 0 Å². The Kier molecular flexibility index (Phi) is 12.3. The summed E-state index contributed by atoms with van der Waals surface area (Å²) in [6.45, 7) is 1.47. The second-order valence-corrected chi connectivity index (χ2v) is 9.25. The van der Waals surface area contributed by atoms with Crippen molar-refractivity contribution >= 4 is 23.0 Å². The predicted octanol–water partition coefficient (Wildman–Crippen LogP) is 8.28. The third kappa shape index (κ3) is 7.82. The highest BCUT2D eigenvalue weighted by Crippen LogP contribution is 2.41. The fraction of sp³-hybridized carbons (Fsp3) is 0.355. The zero-order valence-electron chi connectivity index (χ0n) is 21.3. The highest BCUT2D eigenvalue weighted by molar-refractivity contribution is 14.1. The molecule has 0 spiro atoms. The third-order valence-electron chi connectivity index (χ3n) is 6.27. The number of unbranched alkanes of at least 4 members (excludes halogenated alkanes) is 4. The Morgan fingerprint density at radius 1 is 0.611 bits per heavy atom. The molecular formula is C31H37IO4. The number of hydrogen-bond donors (Lipinski definition) is 0. The summed E-state index contributed by atoms with van der Waals surface area (Å²) in [7, 11) is 3.38. The largest absolute Gasteiger partial charge is 0.497 e. The Morgan fingerprint density at radius 3 is 1.67 bits per heavy atom. The van der Waals surface area contributed by atoms with Crippen LogP contribution in [-0.4, -0.2) is 27.4 Å². The van der Waals surface area contributed by atoms with Crippen LogP contribution in [0.4, 0.5) is 0 Å². The summed E-state index contributed by atoms with van der Waals surface area (Å²) in [6, 6.07) is 26.9. The van der Waals surface area contributed by atoms with Crippen molar-refractivity contribution in [3.8, 4) is 11.5 Å². The Hall–Kier alpha value is -2.35. The molecule has 0 fully saturated rings. The number of halogens is 1. The van der Waals surface area contributed by atoms with Crippen molar-refractivity contribution < 1.29 is 17.3 Å². The topological polar surface area (TPSA) is 36.9 Å². The van der Waals surface area contributed by atoms with Crippen molar-refractivity contribution in [2.45, 2.75) is 44.1 Å². The molecular weight excluding hydrogens is 563 g/mol. The average molecular weight is 601 g/mol. The molecule has 3 rings (SSSR count). The minimum atomic E-state index is -0.736. The summed E-state index contributed by atoms with van der Waals surface area (Å²) in [5, 5.41) is 0. The molecule has 0 atom stereocenters. The Labute approximate surface area is 230 Å². The van der Waals surface area contributed by atoms with Gasteiger partial charge in [0.25, 0.3) is 0 Å². The first kappa shape index (κ1) is 28.2. The Bertz CT molecular complexity index is 969. The number of benzene rings is 3. The summed E-state index contributed by atoms with van der Waals surface area (Å²) < 4.78 is 22.8. The molecule has 5 heteroatoms. The van der Waals surface area contributed by atoms with Gasteiger partial charge in [0, 0.05) is 6.61 Å². The maximum Gasteiger partial charge on any atom is 0.143 e. The minimum Gasteiger partial charge on any atom is -0.497 e. The standard InChI is InChI=1S/C31H37IO4/c1-33-29-20-16-27(17-21-29)31(26-14-10-9-11-15-26,28-18-22-30(34-2)23-19-28)35-24-12-7-5-3-4-6-8-13-25-36-32/h4,6,9-11,14-23H,3,5,7-8,12-13,24-25H2,1-2H3/b6-4+. The van der Waals surface area contributed by atoms with Crippen molar-refractivity contribution in [1.29, 1.82) is 0 Å². The van der Waals surface area contributed by atoms with Crippen molar-refractivity contribution in [3.63, 3.8) is 0 Å². The van der Waals surface area contributed by atoms with Crippen molar-refractivity contribution in [2.75, 3.05) is 27.4 Å². The fourth-order valence-electron chi connectivity index (χ4n) is 4.33. The van der Waals surface area contributed by atoms with E-state index >= 15 is 0 Å². The van der Waals surface area contributed by atoms with E-state index in [1.165, 1.54) is 0 Å². The van der Waals surface area contributed by atoms with Crippen LogP contribution in [0.3, 0.4) is 0 Å². The molecule has 192 valence electrons. The minimum absolute atomic E-state index is 0.656. The molecule has 0 aliphatic heterocycles. The number of allylic oxidation sites excluding steroid dienone is 2. The van der Waals surface area contributed by atoms with Crippen molar-refractivity contribution in [3.05, 3.63) is 108 Å². The number of methoxy groups -OCH3 is 2. The second kappa shape index (κ2) is 15.7. The summed E-state index contributed by atoms with van der Waals surface area (Å²) in [5.74, 6) is 1.65. The molecule has 0 amide bonds. The number of hydrogen-bond acceptors (Lipinski definition) is 4. The van der Waals surface area contributed by atoms with Crippen LogP contribution in [0.2, 0.25) is 0 Å². The zero-order valence-corrected chi connectivity index (χ0v) is 23.5. The van der Waals surface area contributed by atoms with Crippen LogP contribution < -0.4 is 9.47 Å². The van der Waals surface area contributed by atoms with E-state index in [0.29, 0.717) is 6.61 Å². The first-order chi connectivity index (χ1) is 17.7. The summed E-state index contributed by atoms with van der Waals surface area (Å²) in [6.07, 6.45) is 11.1. The second-order valence-electron chi connectivity index (χ2n) is 8.63. The lowest BCUT2D eigenvalue weighted by atomic mass is 9.80. The summed E-state index contributed by atoms with van der Waals surface area (Å²) in [5.41, 5.74) is 2.50. The molecule has 0 aliphatic carbocycles. The van der Waals surface area contributed by atoms with Gasteiger partial charge < -0.3 is 17.3 Å². The van der Waals surface area contributed by atoms with Gasteiger partial charge in [0.1, 0.15) is 40.1 Å². The molecule has 3 aromatic rings. The highest BCUT2D eigenvalue weighted by atomic mass is 127. The van der Waals surface area contributed by atoms with Crippen LogP contribution in [-0.2, 0) is 13.4 Å². The van der Waals surface area contributed by atoms with Gasteiger partial charge in [0.05, 0.1) is 20.8 Å². The molecule has 4 nitrogen and oxygen atoms in total. The molecule has 0 heterocycles. The van der Waals surface area contributed by atoms with Gasteiger partial charge in [0.2, 0.25) is 0 Å². The van der Waals surface area contributed by atoms with Gasteiger partial charge in [-0.05, 0) is 73.1 Å². The highest BCUT2D eigenvalue weighted by Gasteiger charge is 2.37. The first-order valence-electron chi connectivity index (χ1n) is 12.6. The van der Waals surface area contributed by atoms with E-state index < -0.39 is 5.60 Å². The molecule has 0 N–H and O–H groups in total. The Balaban J connectivity index is 1.79. The van der Waals surface area contributed by atoms with Crippen LogP contribution in [0.1, 0.15) is 55.2 Å². The normalized spacial score (nSPS) is 11.6. The smallest absolute Gasteiger partial charge is 0.143 e. The van der Waals surface area contributed by atoms with Gasteiger partial charge in [0.15, 0.2) is 0 Å². The fourth-order valence-corrected chi connectivity index (χ4v) is 4.64. The van der Waals surface area contributed by atoms with Crippen LogP contribution in [0.5, 0.6) is 11.5 Å². The summed E-state index contributed by atoms with van der Waals surface area (Å²) in [4.78, 5) is 0. The van der Waals surface area contributed by atoms with Gasteiger partial charge in [-0.2, -0.15) is 0 Å². The van der Waals surface area contributed by atoms with E-state index in [0.717, 1.165) is 73.3 Å². The van der Waals surface area contributed by atoms with E-state index in [-0.39, 0.29) is 0 Å². The van der Waals surface area contributed by atoms with E-state index in [4.69, 9.17) is 17.3 Å². The molecule has 0 unspecified atom stereocenters. The van der Waals surface area contributed by atoms with E-state index in [1.54, 1.807) is 14.2 Å². The third-order valence-corrected chi connectivity index (χ3v) is 6.71. The average Bonchev–Trinajstić information content (AvgIpc) is 2.94. The maximum atomic E-state index is 6.89. The van der Waals surface area contributed by atoms with E-state index in [9.17, 15) is 0 Å². The number of ether oxygens (including phenoxy) is 3. The van der Waals surface area contributed by atoms with Crippen LogP contribution in [0.25, 0.3) is 0 Å². The van der Waals surface area contributed by atoms with Gasteiger partial charge in [-0.25, -0.2) is 0 Å². The van der Waals surface area contributed by atoms with E-state index in [2.05, 4.69) is 60.7 Å². The predicted molar refractivity (Wildman–Crippen MR) is 155 cm³/mol. The molecule has 0 saturated carbocycles. The monoisotopic (exact) mass is 600 g/mol. The molecule has 0 aliphatic rings. The SMILES string of the molecule is COc1ccc(C(OCCCCC/C=C/CCCOI)(c2ccccc2)c2ccc(OC)cc2)cc1. The van der Waals surface area contributed by atoms with Gasteiger partial charge in [-0.1, -0.05) is 73.2 Å². The van der Waals surface area contributed by atoms with Crippen molar-refractivity contribution in [2.24, 2.45) is 0 Å². The molecule has 0 radical (unpaired) electrons. The van der Waals surface area contributed by atoms with Gasteiger partial charge in [-0.3, -0.25) is 0 Å². The van der Waals surface area contributed by atoms with Gasteiger partial charge in [-0.15, -0.1) is 0 Å². The molecule has 36 heavy (non-hydrogen) atoms. The number of rotatable bonds is 16. The quantitative estimate of drug-likeness (QED) is 0.0718. The molecule has 3 aromatic carbocycles. The first-order valence-corrected chi connectivity index (χ1v) is 13.5. The van der Waals surface area contributed by atoms with Crippen LogP contribution in [0.15, 0.2) is 91.0 Å². The lowest BCUT2D eigenvalue weighted by molar-refractivity contribution is 0.0106. The zero-order chi connectivity index (χ0) is 25.5. The lowest BCUT2D eigenvalue weighted by Crippen LogP contribution is -2.33. The van der Waals surface area contributed by atoms with Crippen LogP contribution >= 0.6 is 23.0 Å². The molecule has 0 saturated heterocycles. The van der Waals surface area contributed by atoms with Crippen LogP contribution in [0, 0.1) is 0 Å².